The highest BCUT2D eigenvalue weighted by atomic mass is 16.6. The molecule has 7 heteroatoms. The van der Waals surface area contributed by atoms with Crippen molar-refractivity contribution >= 4 is 0 Å². The maximum Gasteiger partial charge on any atom is 0.301 e. The van der Waals surface area contributed by atoms with Gasteiger partial charge in [0.15, 0.2) is 17.8 Å². The van der Waals surface area contributed by atoms with Gasteiger partial charge in [-0.25, -0.2) is 0 Å². The molecule has 3 N–H and O–H groups in total. The molecule has 7 nitrogen and oxygen atoms in total. The molecule has 0 radical (unpaired) electrons. The third-order valence-electron chi connectivity index (χ3n) is 2.84. The minimum Gasteiger partial charge on any atom is -0.454 e. The standard InChI is InChI=1S/C9H11N3O4/c10-5-1-2-12-8-7(16-9(12)11-5)6(14)4(3-13)15-8/h1-2,4,6-8,10,13-14H,3H2/t4-,6?,7+,8-/m1/s1. The van der Waals surface area contributed by atoms with Crippen LogP contribution in [-0.4, -0.2) is 44.7 Å². The summed E-state index contributed by atoms with van der Waals surface area (Å²) in [6.45, 7) is -0.253. The van der Waals surface area contributed by atoms with Crippen LogP contribution in [0.15, 0.2) is 12.3 Å². The van der Waals surface area contributed by atoms with E-state index in [0.29, 0.717) is 0 Å². The van der Waals surface area contributed by atoms with E-state index in [4.69, 9.17) is 20.0 Å². The lowest BCUT2D eigenvalue weighted by Crippen LogP contribution is -2.34. The van der Waals surface area contributed by atoms with Crippen molar-refractivity contribution in [3.05, 3.63) is 17.8 Å². The third-order valence-corrected chi connectivity index (χ3v) is 2.84. The summed E-state index contributed by atoms with van der Waals surface area (Å²) in [5.74, 6) is 0. The van der Waals surface area contributed by atoms with Crippen molar-refractivity contribution in [2.24, 2.45) is 0 Å². The Hall–Kier alpha value is -1.44. The largest absolute Gasteiger partial charge is 0.454 e. The van der Waals surface area contributed by atoms with Gasteiger partial charge < -0.3 is 19.7 Å². The first-order valence-corrected chi connectivity index (χ1v) is 4.95. The first kappa shape index (κ1) is 9.76. The number of aromatic nitrogens is 2. The Balaban J connectivity index is 1.99. The van der Waals surface area contributed by atoms with Crippen LogP contribution < -0.4 is 10.2 Å². The molecule has 0 aliphatic carbocycles. The molecule has 16 heavy (non-hydrogen) atoms. The van der Waals surface area contributed by atoms with E-state index in [1.807, 2.05) is 0 Å². The van der Waals surface area contributed by atoms with Crippen molar-refractivity contribution in [1.29, 1.82) is 5.41 Å². The molecule has 0 saturated carbocycles. The summed E-state index contributed by atoms with van der Waals surface area (Å²) in [5.41, 5.74) is 0.0967. The highest BCUT2D eigenvalue weighted by molar-refractivity contribution is 5.10. The van der Waals surface area contributed by atoms with Gasteiger partial charge in [0, 0.05) is 6.20 Å². The Labute approximate surface area is 90.4 Å². The summed E-state index contributed by atoms with van der Waals surface area (Å²) < 4.78 is 12.5. The molecule has 0 aromatic carbocycles. The lowest BCUT2D eigenvalue weighted by molar-refractivity contribution is -0.0434. The zero-order chi connectivity index (χ0) is 11.3. The zero-order valence-corrected chi connectivity index (χ0v) is 8.28. The van der Waals surface area contributed by atoms with Gasteiger partial charge in [-0.1, -0.05) is 0 Å². The van der Waals surface area contributed by atoms with Gasteiger partial charge in [0.1, 0.15) is 12.2 Å². The molecule has 3 rings (SSSR count). The van der Waals surface area contributed by atoms with Gasteiger partial charge in [0.2, 0.25) is 0 Å². The second kappa shape index (κ2) is 3.27. The lowest BCUT2D eigenvalue weighted by Gasteiger charge is -2.14. The van der Waals surface area contributed by atoms with Gasteiger partial charge >= 0.3 is 6.01 Å². The van der Waals surface area contributed by atoms with Gasteiger partial charge in [-0.15, -0.1) is 0 Å². The molecule has 2 aliphatic heterocycles. The monoisotopic (exact) mass is 225 g/mol. The first-order valence-electron chi connectivity index (χ1n) is 4.95. The Morgan fingerprint density at radius 1 is 1.56 bits per heavy atom. The number of hydrogen-bond donors (Lipinski definition) is 3. The lowest BCUT2D eigenvalue weighted by atomic mass is 10.1. The van der Waals surface area contributed by atoms with E-state index in [9.17, 15) is 5.11 Å². The Morgan fingerprint density at radius 2 is 2.38 bits per heavy atom. The Bertz CT molecular complexity index is 474. The van der Waals surface area contributed by atoms with E-state index in [0.717, 1.165) is 0 Å². The van der Waals surface area contributed by atoms with E-state index >= 15 is 0 Å². The third kappa shape index (κ3) is 1.19. The highest BCUT2D eigenvalue weighted by Gasteiger charge is 2.50. The molecule has 2 aliphatic rings. The van der Waals surface area contributed by atoms with Gasteiger partial charge in [-0.3, -0.25) is 9.98 Å². The smallest absolute Gasteiger partial charge is 0.301 e. The van der Waals surface area contributed by atoms with E-state index in [2.05, 4.69) is 4.98 Å². The van der Waals surface area contributed by atoms with Gasteiger partial charge in [0.05, 0.1) is 6.61 Å². The fraction of sp³-hybridized carbons (Fsp3) is 0.556. The predicted octanol–water partition coefficient (Wildman–Crippen LogP) is -1.63. The summed E-state index contributed by atoms with van der Waals surface area (Å²) in [4.78, 5) is 3.88. The van der Waals surface area contributed by atoms with Crippen molar-refractivity contribution in [1.82, 2.24) is 9.55 Å². The molecule has 1 aromatic heterocycles. The number of nitrogens with one attached hydrogen (secondary N) is 1. The second-order valence-corrected chi connectivity index (χ2v) is 3.82. The Kier molecular flexibility index (Phi) is 2.00. The molecule has 1 unspecified atom stereocenters. The van der Waals surface area contributed by atoms with Crippen molar-refractivity contribution in [2.45, 2.75) is 24.5 Å². The summed E-state index contributed by atoms with van der Waals surface area (Å²) >= 11 is 0. The van der Waals surface area contributed by atoms with Crippen LogP contribution in [0.5, 0.6) is 6.01 Å². The molecular weight excluding hydrogens is 214 g/mol. The Morgan fingerprint density at radius 3 is 3.12 bits per heavy atom. The van der Waals surface area contributed by atoms with E-state index in [-0.39, 0.29) is 18.1 Å². The van der Waals surface area contributed by atoms with Crippen molar-refractivity contribution in [2.75, 3.05) is 6.61 Å². The van der Waals surface area contributed by atoms with Crippen LogP contribution >= 0.6 is 0 Å². The normalized spacial score (nSPS) is 35.6. The number of fused-ring (bicyclic) bond motifs is 3. The molecule has 1 aromatic rings. The van der Waals surface area contributed by atoms with Gasteiger partial charge in [-0.2, -0.15) is 4.98 Å². The van der Waals surface area contributed by atoms with Crippen LogP contribution in [0.25, 0.3) is 0 Å². The molecule has 1 saturated heterocycles. The molecule has 0 amide bonds. The SMILES string of the molecule is N=c1ccn2c(n1)O[C@H]1C(O)[C@@H](CO)O[C@H]12. The second-order valence-electron chi connectivity index (χ2n) is 3.82. The van der Waals surface area contributed by atoms with E-state index in [1.54, 1.807) is 10.8 Å². The number of nitrogens with zero attached hydrogens (tertiary/aromatic N) is 2. The average Bonchev–Trinajstić information content (AvgIpc) is 2.75. The summed E-state index contributed by atoms with van der Waals surface area (Å²) in [5, 5.41) is 26.1. The minimum absolute atomic E-state index is 0.0967. The molecule has 1 fully saturated rings. The maximum absolute atomic E-state index is 9.80. The van der Waals surface area contributed by atoms with E-state index in [1.165, 1.54) is 6.07 Å². The molecule has 3 heterocycles. The minimum atomic E-state index is -0.883. The number of aliphatic hydroxyl groups is 2. The number of ether oxygens (including phenoxy) is 2. The fourth-order valence-electron chi connectivity index (χ4n) is 2.04. The van der Waals surface area contributed by atoms with Crippen LogP contribution in [0.1, 0.15) is 6.23 Å². The summed E-state index contributed by atoms with van der Waals surface area (Å²) in [6, 6.07) is 1.77. The molecule has 0 spiro atoms. The molecule has 0 bridgehead atoms. The number of aliphatic hydroxyl groups excluding tert-OH is 2. The van der Waals surface area contributed by atoms with Crippen LogP contribution in [0.2, 0.25) is 0 Å². The quantitative estimate of drug-likeness (QED) is 0.533. The number of rotatable bonds is 1. The predicted molar refractivity (Wildman–Crippen MR) is 49.5 cm³/mol. The van der Waals surface area contributed by atoms with Crippen molar-refractivity contribution in [3.63, 3.8) is 0 Å². The zero-order valence-electron chi connectivity index (χ0n) is 8.28. The topological polar surface area (TPSA) is 101 Å². The van der Waals surface area contributed by atoms with Gasteiger partial charge in [-0.05, 0) is 6.07 Å². The molecule has 4 atom stereocenters. The van der Waals surface area contributed by atoms with Gasteiger partial charge in [0.25, 0.3) is 0 Å². The van der Waals surface area contributed by atoms with E-state index < -0.39 is 24.5 Å². The first-order chi connectivity index (χ1) is 7.70. The maximum atomic E-state index is 9.80. The fourth-order valence-corrected chi connectivity index (χ4v) is 2.04. The molecular formula is C9H11N3O4. The number of hydrogen-bond acceptors (Lipinski definition) is 6. The van der Waals surface area contributed by atoms with Crippen LogP contribution in [0.3, 0.4) is 0 Å². The summed E-state index contributed by atoms with van der Waals surface area (Å²) in [6.07, 6.45) is -0.930. The van der Waals surface area contributed by atoms with Crippen molar-refractivity contribution in [3.8, 4) is 6.01 Å². The van der Waals surface area contributed by atoms with Crippen LogP contribution in [0.4, 0.5) is 0 Å². The highest BCUT2D eigenvalue weighted by Crippen LogP contribution is 2.38. The molecule has 86 valence electrons. The summed E-state index contributed by atoms with van der Waals surface area (Å²) in [7, 11) is 0. The average molecular weight is 225 g/mol. The van der Waals surface area contributed by atoms with Crippen LogP contribution in [-0.2, 0) is 4.74 Å². The van der Waals surface area contributed by atoms with Crippen molar-refractivity contribution < 1.29 is 19.7 Å². The van der Waals surface area contributed by atoms with Crippen LogP contribution in [0, 0.1) is 5.41 Å².